The smallest absolute Gasteiger partial charge is 0.257 e. The number of carbonyl (C=O) groups excluding carboxylic acids is 1. The maximum Gasteiger partial charge on any atom is 0.257 e. The molecule has 0 spiro atoms. The van der Waals surface area contributed by atoms with Gasteiger partial charge in [0.2, 0.25) is 0 Å². The number of aromatic nitrogens is 2. The van der Waals surface area contributed by atoms with Crippen LogP contribution in [0.25, 0.3) is 11.0 Å². The van der Waals surface area contributed by atoms with Gasteiger partial charge in [-0.25, -0.2) is 13.8 Å². The topological polar surface area (TPSA) is 67.0 Å². The van der Waals surface area contributed by atoms with E-state index in [-0.39, 0.29) is 12.3 Å². The summed E-state index contributed by atoms with van der Waals surface area (Å²) < 4.78 is 32.6. The zero-order valence-corrected chi connectivity index (χ0v) is 14.0. The van der Waals surface area contributed by atoms with Crippen LogP contribution in [0.3, 0.4) is 0 Å². The van der Waals surface area contributed by atoms with Crippen molar-refractivity contribution in [2.45, 2.75) is 20.4 Å². The van der Waals surface area contributed by atoms with Gasteiger partial charge in [0.15, 0.2) is 0 Å². The van der Waals surface area contributed by atoms with E-state index in [1.54, 1.807) is 0 Å². The fourth-order valence-corrected chi connectivity index (χ4v) is 2.59. The number of nitrogens with one attached hydrogen (secondary N) is 2. The van der Waals surface area contributed by atoms with E-state index in [4.69, 9.17) is 4.74 Å². The number of methoxy groups -OCH3 is 1. The zero-order chi connectivity index (χ0) is 18.1. The summed E-state index contributed by atoms with van der Waals surface area (Å²) in [6, 6.07) is 5.80. The number of hydrogen-bond donors (Lipinski definition) is 2. The number of hydrogen-bond acceptors (Lipinski definition) is 3. The molecule has 0 bridgehead atoms. The minimum Gasteiger partial charge on any atom is -0.497 e. The fraction of sp³-hybridized carbons (Fsp3) is 0.222. The first kappa shape index (κ1) is 16.9. The third-order valence-corrected chi connectivity index (χ3v) is 4.12. The molecule has 0 atom stereocenters. The Labute approximate surface area is 143 Å². The minimum atomic E-state index is -0.981. The molecule has 0 fully saturated rings. The Balaban J connectivity index is 1.80. The maximum absolute atomic E-state index is 13.9. The molecular formula is C18H17F2N3O2. The Morgan fingerprint density at radius 2 is 1.92 bits per heavy atom. The lowest BCUT2D eigenvalue weighted by Gasteiger charge is -2.08. The van der Waals surface area contributed by atoms with E-state index in [9.17, 15) is 13.6 Å². The second-order valence-electron chi connectivity index (χ2n) is 5.74. The number of ether oxygens (including phenoxy) is 1. The summed E-state index contributed by atoms with van der Waals surface area (Å²) >= 11 is 0. The van der Waals surface area contributed by atoms with Gasteiger partial charge in [-0.15, -0.1) is 0 Å². The van der Waals surface area contributed by atoms with Gasteiger partial charge in [-0.2, -0.15) is 0 Å². The molecule has 1 amide bonds. The highest BCUT2D eigenvalue weighted by atomic mass is 19.1. The molecule has 25 heavy (non-hydrogen) atoms. The van der Waals surface area contributed by atoms with Crippen LogP contribution in [0.1, 0.15) is 27.3 Å². The second kappa shape index (κ2) is 6.51. The number of carbonyl (C=O) groups is 1. The van der Waals surface area contributed by atoms with Crippen molar-refractivity contribution in [1.29, 1.82) is 0 Å². The van der Waals surface area contributed by atoms with Crippen LogP contribution in [0.2, 0.25) is 0 Å². The molecule has 0 unspecified atom stereocenters. The summed E-state index contributed by atoms with van der Waals surface area (Å²) in [6.45, 7) is 3.97. The first-order chi connectivity index (χ1) is 11.9. The predicted molar refractivity (Wildman–Crippen MR) is 89.6 cm³/mol. The number of H-pyrrole nitrogens is 1. The lowest BCUT2D eigenvalue weighted by Crippen LogP contribution is -2.25. The third-order valence-electron chi connectivity index (χ3n) is 4.12. The van der Waals surface area contributed by atoms with E-state index in [0.29, 0.717) is 5.82 Å². The van der Waals surface area contributed by atoms with Gasteiger partial charge in [-0.3, -0.25) is 4.79 Å². The standard InChI is InChI=1S/C18H17F2N3O2/c1-9-4-5-14-17(10(9)2)23-15(22-14)8-21-18(24)16-12(19)6-11(25-3)7-13(16)20/h4-7H,8H2,1-3H3,(H,21,24)(H,22,23). The second-order valence-corrected chi connectivity index (χ2v) is 5.74. The first-order valence-corrected chi connectivity index (χ1v) is 7.66. The van der Waals surface area contributed by atoms with Crippen molar-refractivity contribution in [2.24, 2.45) is 0 Å². The number of nitrogens with zero attached hydrogens (tertiary/aromatic N) is 1. The van der Waals surface area contributed by atoms with Gasteiger partial charge < -0.3 is 15.0 Å². The van der Waals surface area contributed by atoms with Crippen LogP contribution in [0.4, 0.5) is 8.78 Å². The molecule has 0 aliphatic carbocycles. The van der Waals surface area contributed by atoms with Crippen molar-refractivity contribution in [3.05, 3.63) is 58.4 Å². The van der Waals surface area contributed by atoms with Crippen molar-refractivity contribution in [1.82, 2.24) is 15.3 Å². The van der Waals surface area contributed by atoms with E-state index in [2.05, 4.69) is 15.3 Å². The zero-order valence-electron chi connectivity index (χ0n) is 14.0. The number of aromatic amines is 1. The molecule has 3 rings (SSSR count). The van der Waals surface area contributed by atoms with Crippen LogP contribution in [0.15, 0.2) is 24.3 Å². The normalized spacial score (nSPS) is 10.9. The van der Waals surface area contributed by atoms with Gasteiger partial charge in [0, 0.05) is 12.1 Å². The Bertz CT molecular complexity index is 943. The highest BCUT2D eigenvalue weighted by Gasteiger charge is 2.19. The predicted octanol–water partition coefficient (Wildman–Crippen LogP) is 3.40. The van der Waals surface area contributed by atoms with Crippen molar-refractivity contribution < 1.29 is 18.3 Å². The van der Waals surface area contributed by atoms with Gasteiger partial charge in [-0.1, -0.05) is 6.07 Å². The highest BCUT2D eigenvalue weighted by Crippen LogP contribution is 2.21. The van der Waals surface area contributed by atoms with Crippen LogP contribution in [-0.4, -0.2) is 23.0 Å². The van der Waals surface area contributed by atoms with Crippen molar-refractivity contribution in [2.75, 3.05) is 7.11 Å². The molecule has 3 aromatic rings. The molecule has 2 N–H and O–H groups in total. The van der Waals surface area contributed by atoms with Crippen LogP contribution in [0, 0.1) is 25.5 Å². The summed E-state index contributed by atoms with van der Waals surface area (Å²) in [6.07, 6.45) is 0. The summed E-state index contributed by atoms with van der Waals surface area (Å²) in [5, 5.41) is 2.48. The Kier molecular flexibility index (Phi) is 4.39. The molecule has 1 aromatic heterocycles. The molecule has 2 aromatic carbocycles. The Hall–Kier alpha value is -2.96. The molecule has 130 valence electrons. The van der Waals surface area contributed by atoms with E-state index >= 15 is 0 Å². The van der Waals surface area contributed by atoms with Gasteiger partial charge in [0.25, 0.3) is 5.91 Å². The molecular weight excluding hydrogens is 328 g/mol. The number of fused-ring (bicyclic) bond motifs is 1. The SMILES string of the molecule is COc1cc(F)c(C(=O)NCc2nc3c(C)c(C)ccc3[nH]2)c(F)c1. The fourth-order valence-electron chi connectivity index (χ4n) is 2.59. The van der Waals surface area contributed by atoms with Crippen LogP contribution in [0.5, 0.6) is 5.75 Å². The first-order valence-electron chi connectivity index (χ1n) is 7.66. The summed E-state index contributed by atoms with van der Waals surface area (Å²) in [5.41, 5.74) is 3.15. The third kappa shape index (κ3) is 3.17. The van der Waals surface area contributed by atoms with Crippen molar-refractivity contribution >= 4 is 16.9 Å². The van der Waals surface area contributed by atoms with Gasteiger partial charge >= 0.3 is 0 Å². The minimum absolute atomic E-state index is 0.00896. The number of halogens is 2. The lowest BCUT2D eigenvalue weighted by atomic mass is 10.1. The average Bonchev–Trinajstić information content (AvgIpc) is 2.99. The van der Waals surface area contributed by atoms with Crippen molar-refractivity contribution in [3.8, 4) is 5.75 Å². The van der Waals surface area contributed by atoms with E-state index in [1.165, 1.54) is 7.11 Å². The van der Waals surface area contributed by atoms with E-state index < -0.39 is 23.1 Å². The lowest BCUT2D eigenvalue weighted by molar-refractivity contribution is 0.0941. The molecule has 0 radical (unpaired) electrons. The Morgan fingerprint density at radius 3 is 2.56 bits per heavy atom. The van der Waals surface area contributed by atoms with Gasteiger partial charge in [0.05, 0.1) is 24.7 Å². The van der Waals surface area contributed by atoms with E-state index in [0.717, 1.165) is 34.3 Å². The number of amides is 1. The monoisotopic (exact) mass is 345 g/mol. The quantitative estimate of drug-likeness (QED) is 0.762. The number of imidazole rings is 1. The maximum atomic E-state index is 13.9. The molecule has 0 saturated heterocycles. The Morgan fingerprint density at radius 1 is 1.24 bits per heavy atom. The van der Waals surface area contributed by atoms with Gasteiger partial charge in [-0.05, 0) is 31.0 Å². The van der Waals surface area contributed by atoms with Gasteiger partial charge in [0.1, 0.15) is 28.8 Å². The highest BCUT2D eigenvalue weighted by molar-refractivity contribution is 5.94. The van der Waals surface area contributed by atoms with E-state index in [1.807, 2.05) is 26.0 Å². The number of rotatable bonds is 4. The molecule has 1 heterocycles. The van der Waals surface area contributed by atoms with Crippen LogP contribution >= 0.6 is 0 Å². The number of aryl methyl sites for hydroxylation is 2. The summed E-state index contributed by atoms with van der Waals surface area (Å²) in [4.78, 5) is 19.6. The molecule has 5 nitrogen and oxygen atoms in total. The number of benzene rings is 2. The average molecular weight is 345 g/mol. The van der Waals surface area contributed by atoms with Crippen LogP contribution in [-0.2, 0) is 6.54 Å². The molecule has 7 heteroatoms. The van der Waals surface area contributed by atoms with Crippen molar-refractivity contribution in [3.63, 3.8) is 0 Å². The summed E-state index contributed by atoms with van der Waals surface area (Å²) in [5.74, 6) is -2.30. The largest absolute Gasteiger partial charge is 0.497 e. The van der Waals surface area contributed by atoms with Crippen LogP contribution < -0.4 is 10.1 Å². The summed E-state index contributed by atoms with van der Waals surface area (Å²) in [7, 11) is 1.29. The molecule has 0 aliphatic heterocycles. The molecule has 0 saturated carbocycles. The molecule has 0 aliphatic rings.